The Morgan fingerprint density at radius 1 is 1.50 bits per heavy atom. The Labute approximate surface area is 108 Å². The van der Waals surface area contributed by atoms with E-state index in [0.29, 0.717) is 5.75 Å². The van der Waals surface area contributed by atoms with Gasteiger partial charge in [-0.1, -0.05) is 0 Å². The van der Waals surface area contributed by atoms with Crippen molar-refractivity contribution >= 4 is 23.6 Å². The second kappa shape index (κ2) is 4.85. The quantitative estimate of drug-likeness (QED) is 0.823. The van der Waals surface area contributed by atoms with E-state index in [2.05, 4.69) is 4.98 Å². The summed E-state index contributed by atoms with van der Waals surface area (Å²) in [7, 11) is 0. The van der Waals surface area contributed by atoms with Gasteiger partial charge in [-0.25, -0.2) is 4.79 Å². The molecule has 2 heterocycles. The Kier molecular flexibility index (Phi) is 3.42. The van der Waals surface area contributed by atoms with E-state index in [4.69, 9.17) is 5.11 Å². The number of carbonyl (C=O) groups is 2. The molecule has 1 saturated heterocycles. The van der Waals surface area contributed by atoms with Crippen LogP contribution in [0.4, 0.5) is 0 Å². The Bertz CT molecular complexity index is 494. The van der Waals surface area contributed by atoms with E-state index in [9.17, 15) is 14.7 Å². The number of amides is 1. The van der Waals surface area contributed by atoms with E-state index < -0.39 is 17.9 Å². The van der Waals surface area contributed by atoms with Gasteiger partial charge in [0.15, 0.2) is 0 Å². The van der Waals surface area contributed by atoms with E-state index in [1.165, 1.54) is 35.1 Å². The predicted molar refractivity (Wildman–Crippen MR) is 65.4 cm³/mol. The average Bonchev–Trinajstić information content (AvgIpc) is 2.70. The lowest BCUT2D eigenvalue weighted by molar-refractivity contribution is -0.141. The van der Waals surface area contributed by atoms with E-state index in [1.54, 1.807) is 6.92 Å². The molecule has 0 aliphatic carbocycles. The van der Waals surface area contributed by atoms with Gasteiger partial charge < -0.3 is 15.1 Å². The highest BCUT2D eigenvalue weighted by atomic mass is 32.2. The minimum absolute atomic E-state index is 0.118. The number of hydrogen-bond donors (Lipinski definition) is 2. The molecule has 1 aromatic heterocycles. The zero-order valence-corrected chi connectivity index (χ0v) is 10.4. The molecule has 1 aliphatic heterocycles. The second-order valence-corrected chi connectivity index (χ2v) is 5.28. The lowest BCUT2D eigenvalue weighted by Gasteiger charge is -2.24. The molecule has 0 radical (unpaired) electrons. The van der Waals surface area contributed by atoms with Gasteiger partial charge in [0, 0.05) is 11.9 Å². The van der Waals surface area contributed by atoms with Crippen LogP contribution in [0, 0.1) is 0 Å². The Balaban J connectivity index is 2.29. The number of carbonyl (C=O) groups excluding carboxylic acids is 1. The number of thioether (sulfide) groups is 1. The van der Waals surface area contributed by atoms with Crippen LogP contribution in [0.5, 0.6) is 5.75 Å². The molecule has 2 unspecified atom stereocenters. The maximum atomic E-state index is 12.2. The molecular formula is C11H12N2O4S. The maximum Gasteiger partial charge on any atom is 0.327 e. The first-order valence-electron chi connectivity index (χ1n) is 5.32. The molecule has 0 spiro atoms. The molecule has 0 bridgehead atoms. The zero-order valence-electron chi connectivity index (χ0n) is 9.61. The molecule has 6 nitrogen and oxygen atoms in total. The predicted octanol–water partition coefficient (Wildman–Crippen LogP) is 0.775. The monoisotopic (exact) mass is 268 g/mol. The normalized spacial score (nSPS) is 23.1. The summed E-state index contributed by atoms with van der Waals surface area (Å²) in [6.45, 7) is 1.78. The van der Waals surface area contributed by atoms with Gasteiger partial charge in [-0.2, -0.15) is 0 Å². The van der Waals surface area contributed by atoms with Crippen LogP contribution in [0.15, 0.2) is 18.5 Å². The molecule has 1 aliphatic rings. The molecule has 0 aromatic carbocycles. The van der Waals surface area contributed by atoms with Crippen LogP contribution in [-0.2, 0) is 4.79 Å². The number of hydrogen-bond acceptors (Lipinski definition) is 5. The molecule has 1 fully saturated rings. The third-order valence-corrected chi connectivity index (χ3v) is 3.93. The molecule has 2 atom stereocenters. The van der Waals surface area contributed by atoms with E-state index in [1.807, 2.05) is 0 Å². The summed E-state index contributed by atoms with van der Waals surface area (Å²) >= 11 is 1.41. The van der Waals surface area contributed by atoms with Crippen LogP contribution in [0.3, 0.4) is 0 Å². The summed E-state index contributed by atoms with van der Waals surface area (Å²) in [6, 6.07) is 0.448. The summed E-state index contributed by atoms with van der Waals surface area (Å²) < 4.78 is 0. The van der Waals surface area contributed by atoms with E-state index in [-0.39, 0.29) is 16.7 Å². The highest BCUT2D eigenvalue weighted by Gasteiger charge is 2.39. The highest BCUT2D eigenvalue weighted by molar-refractivity contribution is 8.00. The van der Waals surface area contributed by atoms with Crippen molar-refractivity contribution in [2.75, 3.05) is 5.75 Å². The number of aliphatic carboxylic acids is 1. The van der Waals surface area contributed by atoms with Gasteiger partial charge in [0.2, 0.25) is 0 Å². The number of aromatic nitrogens is 1. The van der Waals surface area contributed by atoms with Gasteiger partial charge in [-0.05, 0) is 13.0 Å². The molecule has 2 rings (SSSR count). The number of pyridine rings is 1. The van der Waals surface area contributed by atoms with Crippen LogP contribution in [-0.4, -0.2) is 49.1 Å². The van der Waals surface area contributed by atoms with Crippen LogP contribution in [0.1, 0.15) is 17.3 Å². The molecule has 1 aromatic rings. The van der Waals surface area contributed by atoms with Crippen LogP contribution in [0.2, 0.25) is 0 Å². The Morgan fingerprint density at radius 3 is 2.83 bits per heavy atom. The van der Waals surface area contributed by atoms with Crippen LogP contribution >= 0.6 is 11.8 Å². The number of nitrogens with zero attached hydrogens (tertiary/aromatic N) is 2. The van der Waals surface area contributed by atoms with Gasteiger partial charge in [-0.15, -0.1) is 11.8 Å². The first-order valence-corrected chi connectivity index (χ1v) is 6.36. The summed E-state index contributed by atoms with van der Waals surface area (Å²) in [6.07, 6.45) is 2.53. The number of carboxylic acid groups (broad SMARTS) is 1. The molecule has 1 amide bonds. The molecule has 7 heteroatoms. The topological polar surface area (TPSA) is 90.7 Å². The summed E-state index contributed by atoms with van der Waals surface area (Å²) in [5, 5.41) is 18.2. The Hall–Kier alpha value is -1.76. The first kappa shape index (κ1) is 12.7. The summed E-state index contributed by atoms with van der Waals surface area (Å²) in [5.41, 5.74) is 0.190. The van der Waals surface area contributed by atoms with Crippen LogP contribution in [0.25, 0.3) is 0 Å². The van der Waals surface area contributed by atoms with Crippen molar-refractivity contribution in [1.29, 1.82) is 0 Å². The fourth-order valence-electron chi connectivity index (χ4n) is 1.84. The maximum absolute atomic E-state index is 12.2. The lowest BCUT2D eigenvalue weighted by Crippen LogP contribution is -2.44. The van der Waals surface area contributed by atoms with E-state index in [0.717, 1.165) is 0 Å². The van der Waals surface area contributed by atoms with Crippen molar-refractivity contribution in [1.82, 2.24) is 9.88 Å². The van der Waals surface area contributed by atoms with E-state index >= 15 is 0 Å². The zero-order chi connectivity index (χ0) is 13.3. The number of aromatic hydroxyl groups is 1. The van der Waals surface area contributed by atoms with Crippen molar-refractivity contribution in [3.8, 4) is 5.75 Å². The van der Waals surface area contributed by atoms with Crippen molar-refractivity contribution in [2.45, 2.75) is 18.3 Å². The van der Waals surface area contributed by atoms with Crippen LogP contribution < -0.4 is 0 Å². The van der Waals surface area contributed by atoms with Gasteiger partial charge in [0.25, 0.3) is 5.91 Å². The smallest absolute Gasteiger partial charge is 0.327 e. The average molecular weight is 268 g/mol. The number of carboxylic acids is 1. The molecule has 2 N–H and O–H groups in total. The van der Waals surface area contributed by atoms with Crippen molar-refractivity contribution in [2.24, 2.45) is 0 Å². The van der Waals surface area contributed by atoms with Crippen molar-refractivity contribution in [3.05, 3.63) is 24.0 Å². The molecule has 18 heavy (non-hydrogen) atoms. The fraction of sp³-hybridized carbons (Fsp3) is 0.364. The van der Waals surface area contributed by atoms with Gasteiger partial charge in [0.05, 0.1) is 17.1 Å². The minimum atomic E-state index is -1.02. The Morgan fingerprint density at radius 2 is 2.22 bits per heavy atom. The second-order valence-electron chi connectivity index (χ2n) is 3.93. The highest BCUT2D eigenvalue weighted by Crippen LogP contribution is 2.30. The molecular weight excluding hydrogens is 256 g/mol. The standard InChI is InChI=1S/C11H12N2O4S/c1-6-13(9(5-18-6)11(16)17)10(15)7-2-8(14)4-12-3-7/h2-4,6,9,14H,5H2,1H3,(H,16,17). The summed E-state index contributed by atoms with van der Waals surface area (Å²) in [4.78, 5) is 28.3. The third kappa shape index (κ3) is 2.26. The summed E-state index contributed by atoms with van der Waals surface area (Å²) in [5.74, 6) is -1.20. The minimum Gasteiger partial charge on any atom is -0.506 e. The van der Waals surface area contributed by atoms with Gasteiger partial charge in [0.1, 0.15) is 11.8 Å². The largest absolute Gasteiger partial charge is 0.506 e. The van der Waals surface area contributed by atoms with Crippen molar-refractivity contribution in [3.63, 3.8) is 0 Å². The third-order valence-electron chi connectivity index (χ3n) is 2.71. The van der Waals surface area contributed by atoms with Gasteiger partial charge in [-0.3, -0.25) is 9.78 Å². The van der Waals surface area contributed by atoms with Gasteiger partial charge >= 0.3 is 5.97 Å². The molecule has 0 saturated carbocycles. The number of rotatable bonds is 2. The molecule has 96 valence electrons. The fourth-order valence-corrected chi connectivity index (χ4v) is 3.00. The first-order chi connectivity index (χ1) is 8.50. The lowest BCUT2D eigenvalue weighted by atomic mass is 10.2. The van der Waals surface area contributed by atoms with Crippen molar-refractivity contribution < 1.29 is 19.8 Å². The SMILES string of the molecule is CC1SCC(C(=O)O)N1C(=O)c1cncc(O)c1.